The van der Waals surface area contributed by atoms with Gasteiger partial charge in [0.05, 0.1) is 10.7 Å². The van der Waals surface area contributed by atoms with Gasteiger partial charge in [-0.25, -0.2) is 4.79 Å². The van der Waals surface area contributed by atoms with E-state index in [1.165, 1.54) is 6.07 Å². The topological polar surface area (TPSA) is 66.4 Å². The lowest BCUT2D eigenvalue weighted by molar-refractivity contribution is -0.126. The van der Waals surface area contributed by atoms with Crippen LogP contribution in [0.15, 0.2) is 18.2 Å². The van der Waals surface area contributed by atoms with Crippen molar-refractivity contribution in [1.29, 1.82) is 0 Å². The molecule has 5 heteroatoms. The Hall–Kier alpha value is -1.55. The summed E-state index contributed by atoms with van der Waals surface area (Å²) in [7, 11) is 0. The molecule has 108 valence electrons. The number of rotatable bonds is 3. The molecule has 0 spiro atoms. The fourth-order valence-electron chi connectivity index (χ4n) is 2.68. The van der Waals surface area contributed by atoms with Crippen LogP contribution in [-0.2, 0) is 4.79 Å². The van der Waals surface area contributed by atoms with Gasteiger partial charge < -0.3 is 10.4 Å². The van der Waals surface area contributed by atoms with E-state index in [0.29, 0.717) is 0 Å². The standard InChI is InChI=1S/C15H18ClNO3/c1-15(8-3-2-4-9-15)14(20)17-11-7-5-6-10(16)12(11)13(18)19/h5-7H,2-4,8-9H2,1H3,(H,17,20)(H,18,19). The first kappa shape index (κ1) is 14.9. The first-order valence-corrected chi connectivity index (χ1v) is 7.15. The summed E-state index contributed by atoms with van der Waals surface area (Å²) in [5.41, 5.74) is -0.209. The quantitative estimate of drug-likeness (QED) is 0.887. The Morgan fingerprint density at radius 1 is 1.25 bits per heavy atom. The average molecular weight is 296 g/mol. The molecule has 0 unspecified atom stereocenters. The molecular weight excluding hydrogens is 278 g/mol. The largest absolute Gasteiger partial charge is 0.478 e. The summed E-state index contributed by atoms with van der Waals surface area (Å²) < 4.78 is 0. The average Bonchev–Trinajstić information content (AvgIpc) is 2.39. The number of halogens is 1. The molecule has 1 amide bonds. The zero-order chi connectivity index (χ0) is 14.8. The molecule has 4 nitrogen and oxygen atoms in total. The number of hydrogen-bond donors (Lipinski definition) is 2. The zero-order valence-electron chi connectivity index (χ0n) is 11.4. The maximum absolute atomic E-state index is 12.4. The molecule has 0 aliphatic heterocycles. The van der Waals surface area contributed by atoms with Crippen molar-refractivity contribution in [2.24, 2.45) is 5.41 Å². The third-order valence-electron chi connectivity index (χ3n) is 3.98. The Kier molecular flexibility index (Phi) is 4.33. The number of anilines is 1. The third-order valence-corrected chi connectivity index (χ3v) is 4.30. The van der Waals surface area contributed by atoms with Gasteiger partial charge in [-0.1, -0.05) is 43.9 Å². The van der Waals surface area contributed by atoms with Gasteiger partial charge in [0.15, 0.2) is 0 Å². The number of hydrogen-bond acceptors (Lipinski definition) is 2. The summed E-state index contributed by atoms with van der Waals surface area (Å²) >= 11 is 5.90. The highest BCUT2D eigenvalue weighted by atomic mass is 35.5. The molecular formula is C15H18ClNO3. The molecule has 0 atom stereocenters. The van der Waals surface area contributed by atoms with Crippen LogP contribution in [0.3, 0.4) is 0 Å². The highest BCUT2D eigenvalue weighted by molar-refractivity contribution is 6.34. The molecule has 2 N–H and O–H groups in total. The summed E-state index contributed by atoms with van der Waals surface area (Å²) in [6.45, 7) is 1.94. The summed E-state index contributed by atoms with van der Waals surface area (Å²) in [5, 5.41) is 12.1. The van der Waals surface area contributed by atoms with Crippen LogP contribution in [0.25, 0.3) is 0 Å². The van der Waals surface area contributed by atoms with Crippen molar-refractivity contribution in [2.75, 3.05) is 5.32 Å². The lowest BCUT2D eigenvalue weighted by atomic mass is 9.75. The van der Waals surface area contributed by atoms with Crippen LogP contribution >= 0.6 is 11.6 Å². The van der Waals surface area contributed by atoms with Crippen LogP contribution in [-0.4, -0.2) is 17.0 Å². The fourth-order valence-corrected chi connectivity index (χ4v) is 2.93. The minimum Gasteiger partial charge on any atom is -0.478 e. The van der Waals surface area contributed by atoms with E-state index in [9.17, 15) is 14.7 Å². The van der Waals surface area contributed by atoms with Crippen LogP contribution in [0.2, 0.25) is 5.02 Å². The normalized spacial score (nSPS) is 17.5. The molecule has 1 aliphatic carbocycles. The van der Waals surface area contributed by atoms with Gasteiger partial charge in [-0.3, -0.25) is 4.79 Å². The number of carbonyl (C=O) groups excluding carboxylic acids is 1. The van der Waals surface area contributed by atoms with Crippen LogP contribution in [0.1, 0.15) is 49.4 Å². The molecule has 0 aromatic heterocycles. The molecule has 0 heterocycles. The summed E-state index contributed by atoms with van der Waals surface area (Å²) in [5.74, 6) is -1.26. The first-order valence-electron chi connectivity index (χ1n) is 6.77. The van der Waals surface area contributed by atoms with Gasteiger partial charge in [-0.15, -0.1) is 0 Å². The van der Waals surface area contributed by atoms with Crippen LogP contribution < -0.4 is 5.32 Å². The number of nitrogens with one attached hydrogen (secondary N) is 1. The Morgan fingerprint density at radius 3 is 2.50 bits per heavy atom. The summed E-state index contributed by atoms with van der Waals surface area (Å²) in [6.07, 6.45) is 4.89. The van der Waals surface area contributed by atoms with E-state index in [1.54, 1.807) is 12.1 Å². The van der Waals surface area contributed by atoms with Crippen molar-refractivity contribution >= 4 is 29.2 Å². The van der Waals surface area contributed by atoms with Crippen LogP contribution in [0.4, 0.5) is 5.69 Å². The summed E-state index contributed by atoms with van der Waals surface area (Å²) in [6, 6.07) is 4.70. The van der Waals surface area contributed by atoms with Gasteiger partial charge in [0.1, 0.15) is 5.56 Å². The van der Waals surface area contributed by atoms with Crippen molar-refractivity contribution in [3.8, 4) is 0 Å². The van der Waals surface area contributed by atoms with Gasteiger partial charge in [0.25, 0.3) is 0 Å². The summed E-state index contributed by atoms with van der Waals surface area (Å²) in [4.78, 5) is 23.7. The highest BCUT2D eigenvalue weighted by Crippen LogP contribution is 2.37. The number of carbonyl (C=O) groups is 2. The SMILES string of the molecule is CC1(C(=O)Nc2cccc(Cl)c2C(=O)O)CCCCC1. The van der Waals surface area contributed by atoms with Gasteiger partial charge in [0, 0.05) is 5.41 Å². The molecule has 20 heavy (non-hydrogen) atoms. The van der Waals surface area contributed by atoms with Gasteiger partial charge in [0.2, 0.25) is 5.91 Å². The Balaban J connectivity index is 2.24. The molecule has 1 aliphatic rings. The van der Waals surface area contributed by atoms with E-state index in [4.69, 9.17) is 11.6 Å². The lowest BCUT2D eigenvalue weighted by Crippen LogP contribution is -2.35. The minimum absolute atomic E-state index is 0.0538. The second kappa shape index (κ2) is 5.83. The van der Waals surface area contributed by atoms with Gasteiger partial charge >= 0.3 is 5.97 Å². The zero-order valence-corrected chi connectivity index (χ0v) is 12.2. The molecule has 1 aromatic rings. The van der Waals surface area contributed by atoms with Crippen LogP contribution in [0.5, 0.6) is 0 Å². The fraction of sp³-hybridized carbons (Fsp3) is 0.467. The Labute approximate surface area is 123 Å². The molecule has 2 rings (SSSR count). The number of benzene rings is 1. The third kappa shape index (κ3) is 2.96. The first-order chi connectivity index (χ1) is 9.44. The number of carboxylic acids is 1. The van der Waals surface area contributed by atoms with Crippen molar-refractivity contribution in [3.05, 3.63) is 28.8 Å². The van der Waals surface area contributed by atoms with Gasteiger partial charge in [-0.2, -0.15) is 0 Å². The lowest BCUT2D eigenvalue weighted by Gasteiger charge is -2.32. The second-order valence-electron chi connectivity index (χ2n) is 5.54. The highest BCUT2D eigenvalue weighted by Gasteiger charge is 2.35. The monoisotopic (exact) mass is 295 g/mol. The predicted octanol–water partition coefficient (Wildman–Crippen LogP) is 3.95. The van der Waals surface area contributed by atoms with E-state index < -0.39 is 11.4 Å². The van der Waals surface area contributed by atoms with Crippen molar-refractivity contribution < 1.29 is 14.7 Å². The van der Waals surface area contributed by atoms with Crippen LogP contribution in [0, 0.1) is 5.41 Å². The molecule has 1 aromatic carbocycles. The van der Waals surface area contributed by atoms with E-state index in [0.717, 1.165) is 32.1 Å². The maximum atomic E-state index is 12.4. The molecule has 0 saturated heterocycles. The van der Waals surface area contributed by atoms with Crippen molar-refractivity contribution in [2.45, 2.75) is 39.0 Å². The van der Waals surface area contributed by atoms with E-state index in [-0.39, 0.29) is 22.2 Å². The van der Waals surface area contributed by atoms with E-state index in [2.05, 4.69) is 5.32 Å². The number of carboxylic acid groups (broad SMARTS) is 1. The second-order valence-corrected chi connectivity index (χ2v) is 5.95. The number of amides is 1. The van der Waals surface area contributed by atoms with Gasteiger partial charge in [-0.05, 0) is 25.0 Å². The minimum atomic E-state index is -1.14. The Morgan fingerprint density at radius 2 is 1.90 bits per heavy atom. The Bertz CT molecular complexity index is 536. The predicted molar refractivity (Wildman–Crippen MR) is 78.2 cm³/mol. The molecule has 0 radical (unpaired) electrons. The molecule has 1 fully saturated rings. The van der Waals surface area contributed by atoms with Crippen molar-refractivity contribution in [3.63, 3.8) is 0 Å². The van der Waals surface area contributed by atoms with E-state index in [1.807, 2.05) is 6.92 Å². The smallest absolute Gasteiger partial charge is 0.339 e. The van der Waals surface area contributed by atoms with E-state index >= 15 is 0 Å². The van der Waals surface area contributed by atoms with Crippen molar-refractivity contribution in [1.82, 2.24) is 0 Å². The number of aromatic carboxylic acids is 1. The molecule has 0 bridgehead atoms. The maximum Gasteiger partial charge on any atom is 0.339 e. The molecule has 1 saturated carbocycles.